The molecule has 0 bridgehead atoms. The molecule has 2 heterocycles. The number of rotatable bonds is 3. The summed E-state index contributed by atoms with van der Waals surface area (Å²) in [6.07, 6.45) is -1.37. The van der Waals surface area contributed by atoms with Crippen molar-refractivity contribution in [2.45, 2.75) is 50.5 Å². The van der Waals surface area contributed by atoms with Crippen molar-refractivity contribution in [3.63, 3.8) is 0 Å². The highest BCUT2D eigenvalue weighted by atomic mass is 19.4. The molecule has 1 aromatic heterocycles. The van der Waals surface area contributed by atoms with Gasteiger partial charge in [-0.05, 0) is 56.5 Å². The minimum Gasteiger partial charge on any atom is -0.508 e. The highest BCUT2D eigenvalue weighted by Crippen LogP contribution is 2.46. The zero-order valence-electron chi connectivity index (χ0n) is 16.6. The number of nitrogens with zero attached hydrogens (tertiary/aromatic N) is 1. The van der Waals surface area contributed by atoms with Gasteiger partial charge in [-0.15, -0.1) is 0 Å². The number of hydrogen-bond acceptors (Lipinski definition) is 2. The van der Waals surface area contributed by atoms with Crippen molar-refractivity contribution in [1.82, 2.24) is 4.57 Å². The van der Waals surface area contributed by atoms with E-state index in [1.165, 1.54) is 0 Å². The van der Waals surface area contributed by atoms with E-state index in [1.807, 2.05) is 55.9 Å². The Labute approximate surface area is 167 Å². The molecule has 1 aliphatic rings. The molecule has 0 saturated carbocycles. The van der Waals surface area contributed by atoms with Crippen LogP contribution in [0.15, 0.2) is 48.7 Å². The van der Waals surface area contributed by atoms with Crippen LogP contribution in [0.1, 0.15) is 49.3 Å². The van der Waals surface area contributed by atoms with Crippen LogP contribution in [-0.2, 0) is 18.0 Å². The number of fused-ring (bicyclic) bond motifs is 1. The van der Waals surface area contributed by atoms with Crippen LogP contribution < -0.4 is 0 Å². The number of ether oxygens (including phenoxy) is 1. The monoisotopic (exact) mass is 403 g/mol. The van der Waals surface area contributed by atoms with Crippen LogP contribution in [0.25, 0.3) is 10.9 Å². The van der Waals surface area contributed by atoms with Gasteiger partial charge in [-0.25, -0.2) is 0 Å². The molecule has 0 radical (unpaired) electrons. The Morgan fingerprint density at radius 1 is 1.14 bits per heavy atom. The largest absolute Gasteiger partial charge is 0.508 e. The van der Waals surface area contributed by atoms with E-state index in [9.17, 15) is 18.3 Å². The molecule has 0 aliphatic carbocycles. The van der Waals surface area contributed by atoms with Crippen LogP contribution in [0, 0.1) is 0 Å². The minimum absolute atomic E-state index is 0.149. The van der Waals surface area contributed by atoms with Gasteiger partial charge in [0.2, 0.25) is 0 Å². The second kappa shape index (κ2) is 6.80. The molecule has 6 heteroatoms. The molecule has 154 valence electrons. The van der Waals surface area contributed by atoms with Gasteiger partial charge in [0.15, 0.2) is 0 Å². The molecular formula is C23H24F3NO2. The Morgan fingerprint density at radius 2 is 1.86 bits per heavy atom. The number of phenolic OH excluding ortho intramolecular Hbond substituents is 1. The van der Waals surface area contributed by atoms with E-state index < -0.39 is 17.7 Å². The Morgan fingerprint density at radius 3 is 2.52 bits per heavy atom. The van der Waals surface area contributed by atoms with E-state index >= 15 is 0 Å². The third kappa shape index (κ3) is 3.62. The molecule has 29 heavy (non-hydrogen) atoms. The summed E-state index contributed by atoms with van der Waals surface area (Å²) in [6, 6.07) is 10.9. The minimum atomic E-state index is -4.48. The third-order valence-corrected chi connectivity index (χ3v) is 5.83. The first-order valence-corrected chi connectivity index (χ1v) is 9.69. The Balaban J connectivity index is 1.93. The second-order valence-electron chi connectivity index (χ2n) is 8.42. The van der Waals surface area contributed by atoms with Crippen LogP contribution in [-0.4, -0.2) is 21.4 Å². The molecule has 3 nitrogen and oxygen atoms in total. The van der Waals surface area contributed by atoms with Crippen LogP contribution in [0.3, 0.4) is 0 Å². The van der Waals surface area contributed by atoms with Gasteiger partial charge in [-0.3, -0.25) is 0 Å². The highest BCUT2D eigenvalue weighted by molar-refractivity contribution is 5.85. The van der Waals surface area contributed by atoms with E-state index in [2.05, 4.69) is 0 Å². The Kier molecular flexibility index (Phi) is 4.65. The normalized spacial score (nSPS) is 20.3. The first kappa shape index (κ1) is 19.8. The van der Waals surface area contributed by atoms with Crippen LogP contribution in [0.5, 0.6) is 5.75 Å². The number of phenols is 1. The molecule has 2 atom stereocenters. The molecule has 0 unspecified atom stereocenters. The maximum Gasteiger partial charge on any atom is 0.416 e. The molecule has 2 aromatic carbocycles. The SMILES string of the molecule is Cn1cc([C@H](c2cc(C(F)(F)F)ccc2O)[C@H]2CCC(C)(C)O2)c2ccccc21. The predicted molar refractivity (Wildman–Crippen MR) is 106 cm³/mol. The van der Waals surface area contributed by atoms with Gasteiger partial charge in [-0.1, -0.05) is 18.2 Å². The van der Waals surface area contributed by atoms with Crippen molar-refractivity contribution < 1.29 is 23.0 Å². The lowest BCUT2D eigenvalue weighted by Crippen LogP contribution is -2.25. The number of hydrogen-bond donors (Lipinski definition) is 1. The van der Waals surface area contributed by atoms with Gasteiger partial charge in [0.05, 0.1) is 17.3 Å². The number of halogens is 3. The van der Waals surface area contributed by atoms with E-state index in [0.29, 0.717) is 6.42 Å². The zero-order valence-corrected chi connectivity index (χ0v) is 16.6. The zero-order chi connectivity index (χ0) is 21.0. The standard InChI is InChI=1S/C23H24F3NO2/c1-22(2)11-10-20(29-22)21(16-12-14(23(24,25)26)8-9-19(16)28)17-13-27(3)18-7-5-4-6-15(17)18/h4-9,12-13,20-21,28H,10-11H2,1-3H3/t20-,21+/m1/s1. The van der Waals surface area contributed by atoms with Crippen LogP contribution >= 0.6 is 0 Å². The smallest absolute Gasteiger partial charge is 0.416 e. The molecule has 1 fully saturated rings. The maximum atomic E-state index is 13.4. The molecular weight excluding hydrogens is 379 g/mol. The van der Waals surface area contributed by atoms with Gasteiger partial charge in [0.1, 0.15) is 5.75 Å². The summed E-state index contributed by atoms with van der Waals surface area (Å²) in [4.78, 5) is 0. The summed E-state index contributed by atoms with van der Waals surface area (Å²) < 4.78 is 48.4. The van der Waals surface area contributed by atoms with Crippen molar-refractivity contribution in [1.29, 1.82) is 0 Å². The van der Waals surface area contributed by atoms with E-state index in [0.717, 1.165) is 41.1 Å². The van der Waals surface area contributed by atoms with Gasteiger partial charge < -0.3 is 14.4 Å². The lowest BCUT2D eigenvalue weighted by molar-refractivity contribution is -0.137. The second-order valence-corrected chi connectivity index (χ2v) is 8.42. The van der Waals surface area contributed by atoms with Gasteiger partial charge in [0.25, 0.3) is 0 Å². The topological polar surface area (TPSA) is 34.4 Å². The average Bonchev–Trinajstić information content (AvgIpc) is 3.16. The van der Waals surface area contributed by atoms with Crippen molar-refractivity contribution in [2.75, 3.05) is 0 Å². The van der Waals surface area contributed by atoms with Crippen molar-refractivity contribution in [3.8, 4) is 5.75 Å². The summed E-state index contributed by atoms with van der Waals surface area (Å²) >= 11 is 0. The third-order valence-electron chi connectivity index (χ3n) is 5.83. The summed E-state index contributed by atoms with van der Waals surface area (Å²) in [5.41, 5.74) is 0.966. The summed E-state index contributed by atoms with van der Waals surface area (Å²) in [6.45, 7) is 3.97. The average molecular weight is 403 g/mol. The number of alkyl halides is 3. The summed E-state index contributed by atoms with van der Waals surface area (Å²) in [7, 11) is 1.91. The van der Waals surface area contributed by atoms with Crippen molar-refractivity contribution in [3.05, 3.63) is 65.4 Å². The van der Waals surface area contributed by atoms with Gasteiger partial charge in [-0.2, -0.15) is 13.2 Å². The molecule has 1 saturated heterocycles. The maximum absolute atomic E-state index is 13.4. The van der Waals surface area contributed by atoms with E-state index in [4.69, 9.17) is 4.74 Å². The van der Waals surface area contributed by atoms with E-state index in [1.54, 1.807) is 0 Å². The molecule has 0 amide bonds. The van der Waals surface area contributed by atoms with Crippen molar-refractivity contribution >= 4 is 10.9 Å². The fourth-order valence-electron chi connectivity index (χ4n) is 4.42. The predicted octanol–water partition coefficient (Wildman–Crippen LogP) is 5.99. The molecule has 1 N–H and O–H groups in total. The number of aromatic hydroxyl groups is 1. The molecule has 3 aromatic rings. The molecule has 0 spiro atoms. The number of aryl methyl sites for hydroxylation is 1. The van der Waals surface area contributed by atoms with Crippen LogP contribution in [0.2, 0.25) is 0 Å². The number of benzene rings is 2. The molecule has 4 rings (SSSR count). The fourth-order valence-corrected chi connectivity index (χ4v) is 4.42. The number of aromatic nitrogens is 1. The van der Waals surface area contributed by atoms with Gasteiger partial charge in [0, 0.05) is 35.6 Å². The van der Waals surface area contributed by atoms with Gasteiger partial charge >= 0.3 is 6.18 Å². The van der Waals surface area contributed by atoms with Crippen LogP contribution in [0.4, 0.5) is 13.2 Å². The highest BCUT2D eigenvalue weighted by Gasteiger charge is 2.41. The first-order chi connectivity index (χ1) is 13.6. The van der Waals surface area contributed by atoms with E-state index in [-0.39, 0.29) is 23.0 Å². The lowest BCUT2D eigenvalue weighted by atomic mass is 9.83. The first-order valence-electron chi connectivity index (χ1n) is 9.69. The Bertz CT molecular complexity index is 1050. The molecule has 1 aliphatic heterocycles. The summed E-state index contributed by atoms with van der Waals surface area (Å²) in [5, 5.41) is 11.5. The number of para-hydroxylation sites is 1. The van der Waals surface area contributed by atoms with Crippen molar-refractivity contribution in [2.24, 2.45) is 7.05 Å². The quantitative estimate of drug-likeness (QED) is 0.583. The Hall–Kier alpha value is -2.47. The lowest BCUT2D eigenvalue weighted by Gasteiger charge is -2.28. The summed E-state index contributed by atoms with van der Waals surface area (Å²) in [5.74, 6) is -0.658. The fraction of sp³-hybridized carbons (Fsp3) is 0.391.